The fraction of sp³-hybridized carbons (Fsp3) is 1.00. The quantitative estimate of drug-likeness (QED) is 0.572. The molecular formula is C11H27NO2Si. The highest BCUT2D eigenvalue weighted by Gasteiger charge is 2.41. The minimum Gasteiger partial charge on any atom is -0.386 e. The Balaban J connectivity index is 4.62. The van der Waals surface area contributed by atoms with Crippen molar-refractivity contribution in [1.29, 1.82) is 0 Å². The Labute approximate surface area is 96.1 Å². The molecule has 0 saturated carbocycles. The van der Waals surface area contributed by atoms with E-state index in [2.05, 4.69) is 25.3 Å². The van der Waals surface area contributed by atoms with Gasteiger partial charge in [0.05, 0.1) is 0 Å². The Morgan fingerprint density at radius 1 is 0.867 bits per heavy atom. The van der Waals surface area contributed by atoms with Gasteiger partial charge in [0.2, 0.25) is 0 Å². The molecule has 0 aromatic carbocycles. The van der Waals surface area contributed by atoms with Gasteiger partial charge in [-0.25, -0.2) is 0 Å². The summed E-state index contributed by atoms with van der Waals surface area (Å²) in [6.07, 6.45) is 3.44. The van der Waals surface area contributed by atoms with Crippen LogP contribution in [0.1, 0.15) is 40.0 Å². The monoisotopic (exact) mass is 233 g/mol. The lowest BCUT2D eigenvalue weighted by Crippen LogP contribution is -2.57. The van der Waals surface area contributed by atoms with E-state index >= 15 is 0 Å². The van der Waals surface area contributed by atoms with Crippen molar-refractivity contribution >= 4 is 8.72 Å². The predicted molar refractivity (Wildman–Crippen MR) is 67.0 cm³/mol. The van der Waals surface area contributed by atoms with Crippen molar-refractivity contribution in [3.05, 3.63) is 0 Å². The molecule has 0 heterocycles. The molecule has 0 bridgehead atoms. The molecule has 0 aromatic rings. The second kappa shape index (κ2) is 8.27. The van der Waals surface area contributed by atoms with Crippen LogP contribution in [0.3, 0.4) is 0 Å². The zero-order chi connectivity index (χ0) is 11.7. The zero-order valence-electron chi connectivity index (χ0n) is 11.0. The van der Waals surface area contributed by atoms with Gasteiger partial charge in [0.15, 0.2) is 0 Å². The summed E-state index contributed by atoms with van der Waals surface area (Å²) in [6, 6.07) is 1.06. The summed E-state index contributed by atoms with van der Waals surface area (Å²) in [7, 11) is 1.51. The van der Waals surface area contributed by atoms with Crippen molar-refractivity contribution < 1.29 is 8.85 Å². The fourth-order valence-corrected chi connectivity index (χ4v) is 5.18. The van der Waals surface area contributed by atoms with Crippen molar-refractivity contribution in [3.8, 4) is 0 Å². The molecule has 0 aliphatic carbocycles. The van der Waals surface area contributed by atoms with Gasteiger partial charge >= 0.3 is 8.72 Å². The Morgan fingerprint density at radius 2 is 1.33 bits per heavy atom. The Kier molecular flexibility index (Phi) is 8.33. The van der Waals surface area contributed by atoms with Gasteiger partial charge in [-0.2, -0.15) is 0 Å². The third-order valence-corrected chi connectivity index (χ3v) is 6.49. The maximum atomic E-state index is 5.74. The third kappa shape index (κ3) is 4.22. The first-order chi connectivity index (χ1) is 7.20. The normalized spacial score (nSPS) is 12.4. The van der Waals surface area contributed by atoms with Crippen LogP contribution in [-0.2, 0) is 8.85 Å². The molecular weight excluding hydrogens is 206 g/mol. The Bertz CT molecular complexity index is 146. The van der Waals surface area contributed by atoms with E-state index in [1.54, 1.807) is 14.2 Å². The summed E-state index contributed by atoms with van der Waals surface area (Å²) in [5.74, 6) is 0. The third-order valence-electron chi connectivity index (χ3n) is 2.67. The molecule has 0 N–H and O–H groups in total. The van der Waals surface area contributed by atoms with Crippen LogP contribution < -0.4 is 0 Å². The van der Waals surface area contributed by atoms with Crippen molar-refractivity contribution in [1.82, 2.24) is 4.57 Å². The highest BCUT2D eigenvalue weighted by Crippen LogP contribution is 2.20. The molecule has 15 heavy (non-hydrogen) atoms. The molecule has 3 nitrogen and oxygen atoms in total. The maximum Gasteiger partial charge on any atom is 0.427 e. The minimum atomic E-state index is -2.08. The summed E-state index contributed by atoms with van der Waals surface area (Å²) in [5, 5.41) is 0. The molecule has 0 fully saturated rings. The van der Waals surface area contributed by atoms with Crippen molar-refractivity contribution in [2.45, 2.75) is 46.1 Å². The highest BCUT2D eigenvalue weighted by atomic mass is 28.4. The molecule has 0 spiro atoms. The minimum absolute atomic E-state index is 1.06. The van der Waals surface area contributed by atoms with Gasteiger partial charge in [-0.15, -0.1) is 0 Å². The van der Waals surface area contributed by atoms with Crippen molar-refractivity contribution in [2.24, 2.45) is 0 Å². The van der Waals surface area contributed by atoms with E-state index in [1.807, 2.05) is 0 Å². The van der Waals surface area contributed by atoms with E-state index in [0.717, 1.165) is 38.4 Å². The van der Waals surface area contributed by atoms with E-state index in [4.69, 9.17) is 8.85 Å². The summed E-state index contributed by atoms with van der Waals surface area (Å²) in [6.45, 7) is 8.78. The first-order valence-electron chi connectivity index (χ1n) is 6.06. The van der Waals surface area contributed by atoms with Crippen molar-refractivity contribution in [3.63, 3.8) is 0 Å². The van der Waals surface area contributed by atoms with E-state index in [1.165, 1.54) is 0 Å². The average Bonchev–Trinajstić information content (AvgIpc) is 2.26. The lowest BCUT2D eigenvalue weighted by Gasteiger charge is -2.37. The molecule has 4 heteroatoms. The van der Waals surface area contributed by atoms with E-state index in [0.29, 0.717) is 0 Å². The van der Waals surface area contributed by atoms with Gasteiger partial charge in [-0.1, -0.05) is 27.2 Å². The van der Waals surface area contributed by atoms with Gasteiger partial charge in [-0.05, 0) is 25.9 Å². The van der Waals surface area contributed by atoms with Crippen LogP contribution >= 0.6 is 0 Å². The number of hydrogen-bond acceptors (Lipinski definition) is 3. The fourth-order valence-electron chi connectivity index (χ4n) is 2.01. The van der Waals surface area contributed by atoms with Gasteiger partial charge in [0.25, 0.3) is 0 Å². The van der Waals surface area contributed by atoms with E-state index < -0.39 is 8.72 Å². The van der Waals surface area contributed by atoms with E-state index in [-0.39, 0.29) is 0 Å². The molecule has 0 aliphatic rings. The second-order valence-corrected chi connectivity index (χ2v) is 7.23. The SMILES string of the molecule is CCCN(CCC)[Si](CCC)(OC)OC. The summed E-state index contributed by atoms with van der Waals surface area (Å²) < 4.78 is 13.9. The largest absolute Gasteiger partial charge is 0.427 e. The van der Waals surface area contributed by atoms with Gasteiger partial charge in [0.1, 0.15) is 0 Å². The number of nitrogens with zero attached hydrogens (tertiary/aromatic N) is 1. The highest BCUT2D eigenvalue weighted by molar-refractivity contribution is 6.64. The smallest absolute Gasteiger partial charge is 0.386 e. The summed E-state index contributed by atoms with van der Waals surface area (Å²) in [5.41, 5.74) is 0. The Morgan fingerprint density at radius 3 is 1.60 bits per heavy atom. The van der Waals surface area contributed by atoms with Gasteiger partial charge in [0, 0.05) is 20.3 Å². The summed E-state index contributed by atoms with van der Waals surface area (Å²) >= 11 is 0. The molecule has 92 valence electrons. The maximum absolute atomic E-state index is 5.74. The first kappa shape index (κ1) is 15.1. The first-order valence-corrected chi connectivity index (χ1v) is 8.03. The number of rotatable bonds is 9. The zero-order valence-corrected chi connectivity index (χ0v) is 12.0. The predicted octanol–water partition coefficient (Wildman–Crippen LogP) is 2.75. The molecule has 0 unspecified atom stereocenters. The lowest BCUT2D eigenvalue weighted by molar-refractivity contribution is 0.160. The lowest BCUT2D eigenvalue weighted by atomic mass is 10.4. The van der Waals surface area contributed by atoms with E-state index in [9.17, 15) is 0 Å². The van der Waals surface area contributed by atoms with Crippen LogP contribution in [0.2, 0.25) is 6.04 Å². The molecule has 0 atom stereocenters. The van der Waals surface area contributed by atoms with Crippen LogP contribution in [0.25, 0.3) is 0 Å². The van der Waals surface area contributed by atoms with Crippen LogP contribution in [-0.4, -0.2) is 40.6 Å². The van der Waals surface area contributed by atoms with Gasteiger partial charge < -0.3 is 8.85 Å². The molecule has 0 rings (SSSR count). The Hall–Kier alpha value is 0.0969. The molecule has 0 amide bonds. The average molecular weight is 233 g/mol. The number of hydrogen-bond donors (Lipinski definition) is 0. The molecule has 0 radical (unpaired) electrons. The van der Waals surface area contributed by atoms with Crippen LogP contribution in [0.4, 0.5) is 0 Å². The topological polar surface area (TPSA) is 21.7 Å². The molecule has 0 aliphatic heterocycles. The van der Waals surface area contributed by atoms with Crippen LogP contribution in [0, 0.1) is 0 Å². The molecule has 0 aromatic heterocycles. The standard InChI is InChI=1S/C11H27NO2Si/c1-6-9-12(10-7-2)15(13-4,14-5)11-8-3/h6-11H2,1-5H3. The van der Waals surface area contributed by atoms with Crippen LogP contribution in [0.15, 0.2) is 0 Å². The second-order valence-electron chi connectivity index (χ2n) is 3.86. The molecule has 0 saturated heterocycles. The van der Waals surface area contributed by atoms with Crippen LogP contribution in [0.5, 0.6) is 0 Å². The van der Waals surface area contributed by atoms with Crippen molar-refractivity contribution in [2.75, 3.05) is 27.3 Å². The van der Waals surface area contributed by atoms with Gasteiger partial charge in [-0.3, -0.25) is 4.57 Å². The summed E-state index contributed by atoms with van der Waals surface area (Å²) in [4.78, 5) is 0.